The minimum atomic E-state index is -0.446. The van der Waals surface area contributed by atoms with Gasteiger partial charge in [0.15, 0.2) is 11.7 Å². The van der Waals surface area contributed by atoms with Gasteiger partial charge in [-0.2, -0.15) is 0 Å². The Kier molecular flexibility index (Phi) is 6.73. The summed E-state index contributed by atoms with van der Waals surface area (Å²) < 4.78 is 5.33. The summed E-state index contributed by atoms with van der Waals surface area (Å²) in [5.74, 6) is -0.279. The van der Waals surface area contributed by atoms with Crippen molar-refractivity contribution in [3.8, 4) is 5.75 Å². The van der Waals surface area contributed by atoms with Gasteiger partial charge in [-0.1, -0.05) is 29.3 Å². The first kappa shape index (κ1) is 18.7. The summed E-state index contributed by atoms with van der Waals surface area (Å²) in [6.45, 7) is 1.76. The summed E-state index contributed by atoms with van der Waals surface area (Å²) in [5, 5.41) is 2.88. The molecule has 0 aliphatic rings. The fourth-order valence-electron chi connectivity index (χ4n) is 1.76. The molecule has 2 aromatic carbocycles. The van der Waals surface area contributed by atoms with Gasteiger partial charge in [-0.25, -0.2) is 0 Å². The molecule has 25 heavy (non-hydrogen) atoms. The molecule has 2 amide bonds. The van der Waals surface area contributed by atoms with Gasteiger partial charge in [0.25, 0.3) is 11.8 Å². The molecule has 0 aliphatic heterocycles. The quantitative estimate of drug-likeness (QED) is 0.563. The van der Waals surface area contributed by atoms with E-state index < -0.39 is 11.8 Å². The van der Waals surface area contributed by atoms with Crippen molar-refractivity contribution in [2.45, 2.75) is 6.92 Å². The van der Waals surface area contributed by atoms with Crippen LogP contribution in [0.25, 0.3) is 0 Å². The molecule has 0 aliphatic carbocycles. The topological polar surface area (TPSA) is 79.5 Å². The van der Waals surface area contributed by atoms with E-state index in [4.69, 9.17) is 28.6 Å². The van der Waals surface area contributed by atoms with Gasteiger partial charge < -0.3 is 4.74 Å². The van der Waals surface area contributed by atoms with Crippen molar-refractivity contribution >= 4 is 40.7 Å². The Hall–Kier alpha value is -2.64. The number of hydrazine groups is 1. The maximum Gasteiger partial charge on any atom is 0.269 e. The van der Waals surface area contributed by atoms with Crippen LogP contribution >= 0.6 is 23.8 Å². The van der Waals surface area contributed by atoms with E-state index in [-0.39, 0.29) is 11.7 Å². The van der Waals surface area contributed by atoms with Crippen LogP contribution in [0, 0.1) is 6.92 Å². The summed E-state index contributed by atoms with van der Waals surface area (Å²) in [6.07, 6.45) is 0. The molecule has 8 heteroatoms. The van der Waals surface area contributed by atoms with Crippen LogP contribution in [0.1, 0.15) is 15.9 Å². The first-order chi connectivity index (χ1) is 11.9. The third-order valence-electron chi connectivity index (χ3n) is 3.04. The van der Waals surface area contributed by atoms with E-state index in [1.807, 2.05) is 19.1 Å². The normalized spacial score (nSPS) is 9.84. The van der Waals surface area contributed by atoms with E-state index in [0.29, 0.717) is 16.3 Å². The van der Waals surface area contributed by atoms with Gasteiger partial charge >= 0.3 is 0 Å². The highest BCUT2D eigenvalue weighted by molar-refractivity contribution is 7.80. The molecule has 0 bridgehead atoms. The Morgan fingerprint density at radius 2 is 1.68 bits per heavy atom. The lowest BCUT2D eigenvalue weighted by Gasteiger charge is -2.11. The van der Waals surface area contributed by atoms with Gasteiger partial charge in [-0.3, -0.25) is 25.8 Å². The van der Waals surface area contributed by atoms with Crippen molar-refractivity contribution in [3.05, 3.63) is 64.7 Å². The molecule has 0 aromatic heterocycles. The van der Waals surface area contributed by atoms with Crippen molar-refractivity contribution in [1.82, 2.24) is 16.2 Å². The number of benzene rings is 2. The van der Waals surface area contributed by atoms with Crippen LogP contribution in [-0.2, 0) is 4.79 Å². The number of hydrogen-bond donors (Lipinski definition) is 3. The lowest BCUT2D eigenvalue weighted by Crippen LogP contribution is -2.49. The standard InChI is InChI=1S/C17H16ClN3O3S/c1-11-2-8-14(9-3-11)24-10-15(22)19-17(25)21-20-16(23)12-4-6-13(18)7-5-12/h2-9H,10H2,1H3,(H,20,23)(H2,19,21,22,25). The smallest absolute Gasteiger partial charge is 0.269 e. The number of ether oxygens (including phenoxy) is 1. The first-order valence-electron chi connectivity index (χ1n) is 7.29. The molecule has 0 radical (unpaired) electrons. The molecule has 6 nitrogen and oxygen atoms in total. The fourth-order valence-corrected chi connectivity index (χ4v) is 2.06. The lowest BCUT2D eigenvalue weighted by atomic mass is 10.2. The zero-order valence-corrected chi connectivity index (χ0v) is 14.9. The number of hydrogen-bond acceptors (Lipinski definition) is 4. The van der Waals surface area contributed by atoms with Gasteiger partial charge in [0.1, 0.15) is 5.75 Å². The second-order valence-corrected chi connectivity index (χ2v) is 5.91. The Bertz CT molecular complexity index is 764. The number of rotatable bonds is 4. The Morgan fingerprint density at radius 3 is 2.32 bits per heavy atom. The monoisotopic (exact) mass is 377 g/mol. The van der Waals surface area contributed by atoms with Gasteiger partial charge in [0.05, 0.1) is 0 Å². The van der Waals surface area contributed by atoms with Crippen molar-refractivity contribution in [2.24, 2.45) is 0 Å². The summed E-state index contributed by atoms with van der Waals surface area (Å²) in [5.41, 5.74) is 6.31. The average molecular weight is 378 g/mol. The van der Waals surface area contributed by atoms with E-state index in [1.165, 1.54) is 0 Å². The summed E-state index contributed by atoms with van der Waals surface area (Å²) >= 11 is 10.7. The van der Waals surface area contributed by atoms with Crippen molar-refractivity contribution < 1.29 is 14.3 Å². The van der Waals surface area contributed by atoms with Gasteiger partial charge in [-0.05, 0) is 55.5 Å². The maximum absolute atomic E-state index is 11.9. The molecule has 0 heterocycles. The summed E-state index contributed by atoms with van der Waals surface area (Å²) in [4.78, 5) is 23.6. The molecule has 0 saturated carbocycles. The van der Waals surface area contributed by atoms with Crippen molar-refractivity contribution in [1.29, 1.82) is 0 Å². The molecule has 2 rings (SSSR count). The van der Waals surface area contributed by atoms with Gasteiger partial charge in [0.2, 0.25) is 0 Å². The third kappa shape index (κ3) is 6.40. The predicted molar refractivity (Wildman–Crippen MR) is 99.5 cm³/mol. The number of halogens is 1. The molecule has 0 atom stereocenters. The minimum absolute atomic E-state index is 0.0418. The Labute approximate surface area is 155 Å². The summed E-state index contributed by atoms with van der Waals surface area (Å²) in [6, 6.07) is 13.6. The second-order valence-electron chi connectivity index (χ2n) is 5.07. The molecule has 3 N–H and O–H groups in total. The van der Waals surface area contributed by atoms with Crippen LogP contribution in [0.4, 0.5) is 0 Å². The number of aryl methyl sites for hydroxylation is 1. The molecule has 0 spiro atoms. The highest BCUT2D eigenvalue weighted by Gasteiger charge is 2.08. The SMILES string of the molecule is Cc1ccc(OCC(=O)NC(=S)NNC(=O)c2ccc(Cl)cc2)cc1. The summed E-state index contributed by atoms with van der Waals surface area (Å²) in [7, 11) is 0. The molecule has 0 saturated heterocycles. The van der Waals surface area contributed by atoms with Gasteiger partial charge in [0, 0.05) is 10.6 Å². The van der Waals surface area contributed by atoms with Crippen LogP contribution in [0.5, 0.6) is 5.75 Å². The van der Waals surface area contributed by atoms with Crippen LogP contribution in [0.3, 0.4) is 0 Å². The number of thiocarbonyl (C=S) groups is 1. The molecular formula is C17H16ClN3O3S. The number of amides is 2. The molecule has 0 unspecified atom stereocenters. The zero-order valence-electron chi connectivity index (χ0n) is 13.3. The highest BCUT2D eigenvalue weighted by Crippen LogP contribution is 2.11. The fraction of sp³-hybridized carbons (Fsp3) is 0.118. The maximum atomic E-state index is 11.9. The highest BCUT2D eigenvalue weighted by atomic mass is 35.5. The number of nitrogens with one attached hydrogen (secondary N) is 3. The molecule has 130 valence electrons. The second kappa shape index (κ2) is 9.00. The van der Waals surface area contributed by atoms with Gasteiger partial charge in [-0.15, -0.1) is 0 Å². The van der Waals surface area contributed by atoms with E-state index in [1.54, 1.807) is 36.4 Å². The van der Waals surface area contributed by atoms with E-state index in [2.05, 4.69) is 16.2 Å². The average Bonchev–Trinajstić information content (AvgIpc) is 2.60. The Morgan fingerprint density at radius 1 is 1.04 bits per heavy atom. The number of carbonyl (C=O) groups excluding carboxylic acids is 2. The van der Waals surface area contributed by atoms with Crippen LogP contribution in [-0.4, -0.2) is 23.5 Å². The third-order valence-corrected chi connectivity index (χ3v) is 3.50. The van der Waals surface area contributed by atoms with Crippen molar-refractivity contribution in [2.75, 3.05) is 6.61 Å². The zero-order chi connectivity index (χ0) is 18.2. The van der Waals surface area contributed by atoms with E-state index >= 15 is 0 Å². The van der Waals surface area contributed by atoms with Crippen molar-refractivity contribution in [3.63, 3.8) is 0 Å². The largest absolute Gasteiger partial charge is 0.484 e. The lowest BCUT2D eigenvalue weighted by molar-refractivity contribution is -0.121. The Balaban J connectivity index is 1.72. The van der Waals surface area contributed by atoms with Crippen LogP contribution in [0.15, 0.2) is 48.5 Å². The molecule has 0 fully saturated rings. The van der Waals surface area contributed by atoms with E-state index in [0.717, 1.165) is 5.56 Å². The predicted octanol–water partition coefficient (Wildman–Crippen LogP) is 2.36. The molecular weight excluding hydrogens is 362 g/mol. The first-order valence-corrected chi connectivity index (χ1v) is 8.08. The molecule has 2 aromatic rings. The number of carbonyl (C=O) groups is 2. The van der Waals surface area contributed by atoms with E-state index in [9.17, 15) is 9.59 Å². The van der Waals surface area contributed by atoms with Crippen LogP contribution in [0.2, 0.25) is 5.02 Å². The van der Waals surface area contributed by atoms with Crippen LogP contribution < -0.4 is 20.9 Å². The minimum Gasteiger partial charge on any atom is -0.484 e.